The van der Waals surface area contributed by atoms with Gasteiger partial charge in [0, 0.05) is 0 Å². The molecular formula is C14H31N. The van der Waals surface area contributed by atoms with Crippen LogP contribution in [0.4, 0.5) is 0 Å². The summed E-state index contributed by atoms with van der Waals surface area (Å²) in [5.41, 5.74) is 0.602. The second-order valence-corrected chi connectivity index (χ2v) is 5.18. The SMILES string of the molecule is CCCCCCC(C)(CC)CCCNC. The zero-order valence-corrected chi connectivity index (χ0v) is 11.4. The van der Waals surface area contributed by atoms with Crippen molar-refractivity contribution < 1.29 is 0 Å². The van der Waals surface area contributed by atoms with Gasteiger partial charge in [0.05, 0.1) is 0 Å². The number of unbranched alkanes of at least 4 members (excludes halogenated alkanes) is 3. The van der Waals surface area contributed by atoms with Crippen LogP contribution in [-0.4, -0.2) is 13.6 Å². The molecule has 0 fully saturated rings. The molecular weight excluding hydrogens is 182 g/mol. The van der Waals surface area contributed by atoms with Crippen molar-refractivity contribution >= 4 is 0 Å². The van der Waals surface area contributed by atoms with Crippen LogP contribution < -0.4 is 5.32 Å². The van der Waals surface area contributed by atoms with Gasteiger partial charge < -0.3 is 5.32 Å². The quantitative estimate of drug-likeness (QED) is 0.531. The summed E-state index contributed by atoms with van der Waals surface area (Å²) in [6.07, 6.45) is 11.1. The second kappa shape index (κ2) is 9.21. The van der Waals surface area contributed by atoms with Gasteiger partial charge in [-0.2, -0.15) is 0 Å². The highest BCUT2D eigenvalue weighted by molar-refractivity contribution is 4.73. The van der Waals surface area contributed by atoms with Gasteiger partial charge in [0.2, 0.25) is 0 Å². The van der Waals surface area contributed by atoms with Crippen LogP contribution in [0.2, 0.25) is 0 Å². The Morgan fingerprint density at radius 1 is 0.933 bits per heavy atom. The molecule has 0 bridgehead atoms. The Kier molecular flexibility index (Phi) is 9.18. The maximum Gasteiger partial charge on any atom is -0.00517 e. The van der Waals surface area contributed by atoms with E-state index in [0.717, 1.165) is 0 Å². The molecule has 92 valence electrons. The van der Waals surface area contributed by atoms with E-state index in [1.807, 2.05) is 7.05 Å². The first-order valence-electron chi connectivity index (χ1n) is 6.83. The predicted molar refractivity (Wildman–Crippen MR) is 70.3 cm³/mol. The summed E-state index contributed by atoms with van der Waals surface area (Å²) in [5.74, 6) is 0. The molecule has 0 aliphatic carbocycles. The van der Waals surface area contributed by atoms with Gasteiger partial charge in [0.15, 0.2) is 0 Å². The first-order valence-corrected chi connectivity index (χ1v) is 6.83. The molecule has 0 spiro atoms. The summed E-state index contributed by atoms with van der Waals surface area (Å²) in [5, 5.41) is 3.24. The fourth-order valence-corrected chi connectivity index (χ4v) is 2.15. The van der Waals surface area contributed by atoms with Crippen LogP contribution in [-0.2, 0) is 0 Å². The number of rotatable bonds is 10. The monoisotopic (exact) mass is 213 g/mol. The molecule has 0 amide bonds. The van der Waals surface area contributed by atoms with E-state index in [1.54, 1.807) is 0 Å². The molecule has 1 heteroatoms. The third-order valence-electron chi connectivity index (χ3n) is 3.69. The maximum absolute atomic E-state index is 3.24. The molecule has 0 saturated heterocycles. The molecule has 0 aromatic rings. The van der Waals surface area contributed by atoms with Gasteiger partial charge in [-0.25, -0.2) is 0 Å². The topological polar surface area (TPSA) is 12.0 Å². The Labute approximate surface area is 97.0 Å². The van der Waals surface area contributed by atoms with Crippen molar-refractivity contribution in [1.82, 2.24) is 5.32 Å². The average Bonchev–Trinajstić information content (AvgIpc) is 2.25. The Hall–Kier alpha value is -0.0400. The second-order valence-electron chi connectivity index (χ2n) is 5.18. The molecule has 15 heavy (non-hydrogen) atoms. The van der Waals surface area contributed by atoms with Crippen LogP contribution in [0.15, 0.2) is 0 Å². The van der Waals surface area contributed by atoms with Crippen LogP contribution >= 0.6 is 0 Å². The summed E-state index contributed by atoms with van der Waals surface area (Å²) in [6, 6.07) is 0. The van der Waals surface area contributed by atoms with E-state index in [-0.39, 0.29) is 0 Å². The van der Waals surface area contributed by atoms with Crippen molar-refractivity contribution in [3.05, 3.63) is 0 Å². The Morgan fingerprint density at radius 3 is 2.13 bits per heavy atom. The standard InChI is InChI=1S/C14H31N/c1-5-7-8-9-11-14(3,6-2)12-10-13-15-4/h15H,5-13H2,1-4H3. The van der Waals surface area contributed by atoms with Crippen molar-refractivity contribution in [1.29, 1.82) is 0 Å². The van der Waals surface area contributed by atoms with E-state index >= 15 is 0 Å². The van der Waals surface area contributed by atoms with Crippen molar-refractivity contribution in [3.63, 3.8) is 0 Å². The van der Waals surface area contributed by atoms with Crippen LogP contribution in [0.5, 0.6) is 0 Å². The van der Waals surface area contributed by atoms with E-state index in [1.165, 1.54) is 57.9 Å². The molecule has 0 aliphatic heterocycles. The first kappa shape index (κ1) is 15.0. The lowest BCUT2D eigenvalue weighted by atomic mass is 9.78. The summed E-state index contributed by atoms with van der Waals surface area (Å²) in [6.45, 7) is 8.27. The molecule has 1 nitrogen and oxygen atoms in total. The zero-order chi connectivity index (χ0) is 11.6. The van der Waals surface area contributed by atoms with Crippen molar-refractivity contribution in [2.24, 2.45) is 5.41 Å². The predicted octanol–water partition coefficient (Wildman–Crippen LogP) is 4.37. The lowest BCUT2D eigenvalue weighted by molar-refractivity contribution is 0.244. The Bertz CT molecular complexity index is 133. The van der Waals surface area contributed by atoms with Crippen molar-refractivity contribution in [2.45, 2.75) is 72.1 Å². The summed E-state index contributed by atoms with van der Waals surface area (Å²) in [4.78, 5) is 0. The summed E-state index contributed by atoms with van der Waals surface area (Å²) < 4.78 is 0. The smallest absolute Gasteiger partial charge is 0.00517 e. The van der Waals surface area contributed by atoms with Crippen molar-refractivity contribution in [3.8, 4) is 0 Å². The molecule has 1 atom stereocenters. The van der Waals surface area contributed by atoms with Crippen LogP contribution in [0, 0.1) is 5.41 Å². The number of hydrogen-bond donors (Lipinski definition) is 1. The zero-order valence-electron chi connectivity index (χ0n) is 11.4. The van der Waals surface area contributed by atoms with E-state index in [9.17, 15) is 0 Å². The van der Waals surface area contributed by atoms with Crippen LogP contribution in [0.25, 0.3) is 0 Å². The third-order valence-corrected chi connectivity index (χ3v) is 3.69. The Balaban J connectivity index is 3.65. The number of nitrogens with one attached hydrogen (secondary N) is 1. The maximum atomic E-state index is 3.24. The summed E-state index contributed by atoms with van der Waals surface area (Å²) >= 11 is 0. The lowest BCUT2D eigenvalue weighted by Gasteiger charge is -2.28. The minimum absolute atomic E-state index is 0.602. The molecule has 0 rings (SSSR count). The molecule has 0 saturated carbocycles. The van der Waals surface area contributed by atoms with Gasteiger partial charge in [0.25, 0.3) is 0 Å². The molecule has 1 N–H and O–H groups in total. The van der Waals surface area contributed by atoms with E-state index < -0.39 is 0 Å². The van der Waals surface area contributed by atoms with Gasteiger partial charge in [-0.15, -0.1) is 0 Å². The fraction of sp³-hybridized carbons (Fsp3) is 1.00. The highest BCUT2D eigenvalue weighted by atomic mass is 14.8. The first-order chi connectivity index (χ1) is 7.18. The highest BCUT2D eigenvalue weighted by Crippen LogP contribution is 2.33. The Morgan fingerprint density at radius 2 is 1.60 bits per heavy atom. The number of hydrogen-bond acceptors (Lipinski definition) is 1. The van der Waals surface area contributed by atoms with Gasteiger partial charge in [-0.05, 0) is 38.3 Å². The van der Waals surface area contributed by atoms with E-state index in [0.29, 0.717) is 5.41 Å². The van der Waals surface area contributed by atoms with E-state index in [4.69, 9.17) is 0 Å². The lowest BCUT2D eigenvalue weighted by Crippen LogP contribution is -2.18. The normalized spacial score (nSPS) is 15.2. The van der Waals surface area contributed by atoms with Gasteiger partial charge >= 0.3 is 0 Å². The summed E-state index contributed by atoms with van der Waals surface area (Å²) in [7, 11) is 2.05. The third kappa shape index (κ3) is 7.84. The molecule has 0 heterocycles. The van der Waals surface area contributed by atoms with Crippen LogP contribution in [0.1, 0.15) is 72.1 Å². The molecule has 1 unspecified atom stereocenters. The van der Waals surface area contributed by atoms with Crippen LogP contribution in [0.3, 0.4) is 0 Å². The van der Waals surface area contributed by atoms with Crippen molar-refractivity contribution in [2.75, 3.05) is 13.6 Å². The molecule has 0 aliphatic rings. The van der Waals surface area contributed by atoms with E-state index in [2.05, 4.69) is 26.1 Å². The molecule has 0 radical (unpaired) electrons. The fourth-order valence-electron chi connectivity index (χ4n) is 2.15. The molecule has 0 aromatic heterocycles. The molecule has 0 aromatic carbocycles. The highest BCUT2D eigenvalue weighted by Gasteiger charge is 2.20. The van der Waals surface area contributed by atoms with Gasteiger partial charge in [-0.3, -0.25) is 0 Å². The van der Waals surface area contributed by atoms with Gasteiger partial charge in [-0.1, -0.05) is 52.9 Å². The average molecular weight is 213 g/mol. The van der Waals surface area contributed by atoms with Gasteiger partial charge in [0.1, 0.15) is 0 Å². The minimum atomic E-state index is 0.602. The largest absolute Gasteiger partial charge is 0.320 e. The minimum Gasteiger partial charge on any atom is -0.320 e.